The van der Waals surface area contributed by atoms with E-state index in [9.17, 15) is 4.79 Å². The van der Waals surface area contributed by atoms with Crippen molar-refractivity contribution in [1.82, 2.24) is 19.7 Å². The Hall–Kier alpha value is -1.43. The first-order valence-corrected chi connectivity index (χ1v) is 5.48. The maximum Gasteiger partial charge on any atom is 0.224 e. The highest BCUT2D eigenvalue weighted by Gasteiger charge is 2.10. The van der Waals surface area contributed by atoms with Crippen molar-refractivity contribution in [1.29, 1.82) is 0 Å². The number of carbonyl (C=O) groups is 1. The zero-order valence-corrected chi connectivity index (χ0v) is 9.76. The second-order valence-corrected chi connectivity index (χ2v) is 3.41. The molecule has 6 heteroatoms. The summed E-state index contributed by atoms with van der Waals surface area (Å²) >= 11 is 0. The summed E-state index contributed by atoms with van der Waals surface area (Å²) in [6.45, 7) is 5.73. The van der Waals surface area contributed by atoms with E-state index in [1.165, 1.54) is 6.33 Å². The smallest absolute Gasteiger partial charge is 0.224 e. The van der Waals surface area contributed by atoms with Crippen molar-refractivity contribution in [2.75, 3.05) is 13.1 Å². The molecule has 0 unspecified atom stereocenters. The number of aryl methyl sites for hydroxylation is 1. The third-order valence-electron chi connectivity index (χ3n) is 2.52. The summed E-state index contributed by atoms with van der Waals surface area (Å²) in [5.74, 6) is 0.606. The monoisotopic (exact) mass is 226 g/mol. The molecule has 1 aromatic rings. The van der Waals surface area contributed by atoms with Crippen molar-refractivity contribution in [3.8, 4) is 0 Å². The Morgan fingerprint density at radius 1 is 1.50 bits per heavy atom. The highest BCUT2D eigenvalue weighted by Crippen LogP contribution is 2.00. The van der Waals surface area contributed by atoms with Gasteiger partial charge in [0.1, 0.15) is 12.9 Å². The van der Waals surface area contributed by atoms with Crippen LogP contribution in [0, 0.1) is 0 Å². The number of amides is 1. The summed E-state index contributed by atoms with van der Waals surface area (Å²) in [5, 5.41) is 16.4. The van der Waals surface area contributed by atoms with E-state index in [1.807, 2.05) is 13.8 Å². The van der Waals surface area contributed by atoms with E-state index in [4.69, 9.17) is 5.11 Å². The molecule has 0 saturated heterocycles. The van der Waals surface area contributed by atoms with Crippen molar-refractivity contribution in [3.05, 3.63) is 12.2 Å². The summed E-state index contributed by atoms with van der Waals surface area (Å²) in [4.78, 5) is 13.5. The van der Waals surface area contributed by atoms with Gasteiger partial charge in [-0.25, -0.2) is 0 Å². The Labute approximate surface area is 94.9 Å². The number of aliphatic hydroxyl groups excluding tert-OH is 1. The van der Waals surface area contributed by atoms with Crippen LogP contribution in [0.25, 0.3) is 0 Å². The molecule has 1 aromatic heterocycles. The lowest BCUT2D eigenvalue weighted by molar-refractivity contribution is -0.131. The van der Waals surface area contributed by atoms with Gasteiger partial charge in [-0.3, -0.25) is 4.79 Å². The van der Waals surface area contributed by atoms with E-state index < -0.39 is 0 Å². The predicted octanol–water partition coefficient (Wildman–Crippen LogP) is 0.0289. The first kappa shape index (κ1) is 12.6. The van der Waals surface area contributed by atoms with E-state index in [-0.39, 0.29) is 12.5 Å². The molecular formula is C10H18N4O2. The lowest BCUT2D eigenvalue weighted by Crippen LogP contribution is -2.31. The van der Waals surface area contributed by atoms with Crippen LogP contribution in [0.3, 0.4) is 0 Å². The number of rotatable bonds is 6. The highest BCUT2D eigenvalue weighted by atomic mass is 16.3. The summed E-state index contributed by atoms with van der Waals surface area (Å²) in [6, 6.07) is 0. The Morgan fingerprint density at radius 2 is 2.19 bits per heavy atom. The maximum absolute atomic E-state index is 11.7. The Balaban J connectivity index is 2.48. The van der Waals surface area contributed by atoms with Crippen LogP contribution in [0.1, 0.15) is 26.1 Å². The van der Waals surface area contributed by atoms with Crippen molar-refractivity contribution >= 4 is 5.91 Å². The van der Waals surface area contributed by atoms with Crippen LogP contribution in [-0.2, 0) is 17.9 Å². The highest BCUT2D eigenvalue weighted by molar-refractivity contribution is 5.75. The second kappa shape index (κ2) is 6.22. The van der Waals surface area contributed by atoms with Gasteiger partial charge in [0.2, 0.25) is 5.91 Å². The van der Waals surface area contributed by atoms with E-state index in [0.29, 0.717) is 18.8 Å². The fourth-order valence-electron chi connectivity index (χ4n) is 1.54. The van der Waals surface area contributed by atoms with Crippen LogP contribution >= 0.6 is 0 Å². The molecule has 6 nitrogen and oxygen atoms in total. The topological polar surface area (TPSA) is 71.2 Å². The van der Waals surface area contributed by atoms with Gasteiger partial charge < -0.3 is 14.6 Å². The Kier molecular flexibility index (Phi) is 4.91. The molecular weight excluding hydrogens is 208 g/mol. The molecule has 0 aliphatic rings. The fraction of sp³-hybridized carbons (Fsp3) is 0.700. The van der Waals surface area contributed by atoms with E-state index in [2.05, 4.69) is 10.2 Å². The molecule has 0 saturated carbocycles. The summed E-state index contributed by atoms with van der Waals surface area (Å²) < 4.78 is 1.70. The average Bonchev–Trinajstić information content (AvgIpc) is 2.75. The molecule has 0 aliphatic heterocycles. The number of hydrogen-bond donors (Lipinski definition) is 1. The Bertz CT molecular complexity index is 333. The van der Waals surface area contributed by atoms with Crippen LogP contribution in [0.2, 0.25) is 0 Å². The van der Waals surface area contributed by atoms with Gasteiger partial charge in [-0.1, -0.05) is 0 Å². The maximum atomic E-state index is 11.7. The standard InChI is InChI=1S/C10H18N4O2/c1-3-13(4-2)10(16)5-6-14-8-11-12-9(14)7-15/h8,15H,3-7H2,1-2H3. The van der Waals surface area contributed by atoms with Gasteiger partial charge in [-0.15, -0.1) is 10.2 Å². The fourth-order valence-corrected chi connectivity index (χ4v) is 1.54. The van der Waals surface area contributed by atoms with Gasteiger partial charge >= 0.3 is 0 Å². The summed E-state index contributed by atoms with van der Waals surface area (Å²) in [6.07, 6.45) is 1.94. The van der Waals surface area contributed by atoms with E-state index in [1.54, 1.807) is 9.47 Å². The average molecular weight is 226 g/mol. The van der Waals surface area contributed by atoms with Crippen LogP contribution in [0.15, 0.2) is 6.33 Å². The molecule has 90 valence electrons. The zero-order valence-electron chi connectivity index (χ0n) is 9.76. The van der Waals surface area contributed by atoms with E-state index >= 15 is 0 Å². The first-order chi connectivity index (χ1) is 7.72. The molecule has 1 rings (SSSR count). The molecule has 0 aliphatic carbocycles. The van der Waals surface area contributed by atoms with Gasteiger partial charge in [-0.05, 0) is 13.8 Å². The van der Waals surface area contributed by atoms with Gasteiger partial charge in [0.05, 0.1) is 0 Å². The molecule has 1 N–H and O–H groups in total. The number of carbonyl (C=O) groups excluding carboxylic acids is 1. The molecule has 0 radical (unpaired) electrons. The molecule has 0 atom stereocenters. The van der Waals surface area contributed by atoms with Crippen molar-refractivity contribution in [2.45, 2.75) is 33.4 Å². The lowest BCUT2D eigenvalue weighted by atomic mass is 10.3. The third-order valence-corrected chi connectivity index (χ3v) is 2.52. The molecule has 16 heavy (non-hydrogen) atoms. The predicted molar refractivity (Wildman–Crippen MR) is 58.5 cm³/mol. The minimum absolute atomic E-state index is 0.114. The molecule has 1 heterocycles. The minimum Gasteiger partial charge on any atom is -0.388 e. The van der Waals surface area contributed by atoms with Crippen LogP contribution in [0.5, 0.6) is 0 Å². The van der Waals surface area contributed by atoms with Crippen LogP contribution in [0.4, 0.5) is 0 Å². The molecule has 0 spiro atoms. The number of nitrogens with zero attached hydrogens (tertiary/aromatic N) is 4. The van der Waals surface area contributed by atoms with E-state index in [0.717, 1.165) is 13.1 Å². The third kappa shape index (κ3) is 3.03. The number of aromatic nitrogens is 3. The normalized spacial score (nSPS) is 10.4. The summed E-state index contributed by atoms with van der Waals surface area (Å²) in [5.41, 5.74) is 0. The SMILES string of the molecule is CCN(CC)C(=O)CCn1cnnc1CO. The minimum atomic E-state index is -0.153. The molecule has 1 amide bonds. The zero-order chi connectivity index (χ0) is 12.0. The van der Waals surface area contributed by atoms with Crippen molar-refractivity contribution in [3.63, 3.8) is 0 Å². The van der Waals surface area contributed by atoms with Crippen molar-refractivity contribution in [2.24, 2.45) is 0 Å². The van der Waals surface area contributed by atoms with Gasteiger partial charge in [0.25, 0.3) is 0 Å². The number of hydrogen-bond acceptors (Lipinski definition) is 4. The van der Waals surface area contributed by atoms with Gasteiger partial charge in [-0.2, -0.15) is 0 Å². The largest absolute Gasteiger partial charge is 0.388 e. The van der Waals surface area contributed by atoms with Gasteiger partial charge in [0.15, 0.2) is 5.82 Å². The van der Waals surface area contributed by atoms with Crippen LogP contribution < -0.4 is 0 Å². The lowest BCUT2D eigenvalue weighted by Gasteiger charge is -2.18. The molecule has 0 aromatic carbocycles. The Morgan fingerprint density at radius 3 is 2.75 bits per heavy atom. The van der Waals surface area contributed by atoms with Crippen molar-refractivity contribution < 1.29 is 9.90 Å². The molecule has 0 bridgehead atoms. The van der Waals surface area contributed by atoms with Crippen LogP contribution in [-0.4, -0.2) is 43.8 Å². The summed E-state index contributed by atoms with van der Waals surface area (Å²) in [7, 11) is 0. The first-order valence-electron chi connectivity index (χ1n) is 5.48. The quantitative estimate of drug-likeness (QED) is 0.742. The number of aliphatic hydroxyl groups is 1. The molecule has 0 fully saturated rings. The van der Waals surface area contributed by atoms with Gasteiger partial charge in [0, 0.05) is 26.1 Å². The second-order valence-electron chi connectivity index (χ2n) is 3.41.